The van der Waals surface area contributed by atoms with Crippen LogP contribution in [0.2, 0.25) is 0 Å². The standard InChI is InChI=1S/C15H19BrFNO3/c1-3-15(4-2,14(20)21)8-13(19)18-9-10-7-11(17)5-6-12(10)16/h5-7H,3-4,8-9H2,1-2H3,(H,18,19)(H,20,21). The number of amides is 1. The van der Waals surface area contributed by atoms with Crippen LogP contribution in [0.15, 0.2) is 22.7 Å². The van der Waals surface area contributed by atoms with E-state index in [2.05, 4.69) is 21.2 Å². The number of aliphatic carboxylic acids is 1. The zero-order valence-electron chi connectivity index (χ0n) is 12.1. The van der Waals surface area contributed by atoms with Crippen LogP contribution < -0.4 is 5.32 Å². The van der Waals surface area contributed by atoms with Crippen molar-refractivity contribution in [2.24, 2.45) is 5.41 Å². The first-order valence-electron chi connectivity index (χ1n) is 6.78. The van der Waals surface area contributed by atoms with Crippen LogP contribution in [0.25, 0.3) is 0 Å². The summed E-state index contributed by atoms with van der Waals surface area (Å²) in [4.78, 5) is 23.3. The number of carboxylic acids is 1. The van der Waals surface area contributed by atoms with Crippen molar-refractivity contribution in [3.05, 3.63) is 34.1 Å². The van der Waals surface area contributed by atoms with Gasteiger partial charge in [-0.1, -0.05) is 29.8 Å². The molecule has 1 aromatic carbocycles. The highest BCUT2D eigenvalue weighted by molar-refractivity contribution is 9.10. The predicted octanol–water partition coefficient (Wildman–Crippen LogP) is 3.49. The Morgan fingerprint density at radius 2 is 1.95 bits per heavy atom. The number of carbonyl (C=O) groups is 2. The first-order valence-corrected chi connectivity index (χ1v) is 7.58. The quantitative estimate of drug-likeness (QED) is 0.782. The Hall–Kier alpha value is -1.43. The van der Waals surface area contributed by atoms with Crippen LogP contribution in [0.5, 0.6) is 0 Å². The molecule has 6 heteroatoms. The van der Waals surface area contributed by atoms with Gasteiger partial charge in [-0.3, -0.25) is 9.59 Å². The molecule has 0 aromatic heterocycles. The van der Waals surface area contributed by atoms with Gasteiger partial charge in [-0.15, -0.1) is 0 Å². The van der Waals surface area contributed by atoms with Crippen LogP contribution >= 0.6 is 15.9 Å². The van der Waals surface area contributed by atoms with Crippen LogP contribution in [0.3, 0.4) is 0 Å². The molecule has 0 radical (unpaired) electrons. The summed E-state index contributed by atoms with van der Waals surface area (Å²) < 4.78 is 13.8. The number of nitrogens with one attached hydrogen (secondary N) is 1. The van der Waals surface area contributed by atoms with E-state index in [4.69, 9.17) is 0 Å². The van der Waals surface area contributed by atoms with Gasteiger partial charge in [0.05, 0.1) is 5.41 Å². The molecule has 1 aromatic rings. The zero-order chi connectivity index (χ0) is 16.0. The number of carbonyl (C=O) groups excluding carboxylic acids is 1. The number of benzene rings is 1. The maximum Gasteiger partial charge on any atom is 0.310 e. The minimum Gasteiger partial charge on any atom is -0.481 e. The van der Waals surface area contributed by atoms with Crippen molar-refractivity contribution in [3.8, 4) is 0 Å². The summed E-state index contributed by atoms with van der Waals surface area (Å²) in [5, 5.41) is 11.9. The maximum atomic E-state index is 13.1. The maximum absolute atomic E-state index is 13.1. The highest BCUT2D eigenvalue weighted by Gasteiger charge is 2.37. The van der Waals surface area contributed by atoms with Gasteiger partial charge in [0.25, 0.3) is 0 Å². The van der Waals surface area contributed by atoms with E-state index in [1.165, 1.54) is 12.1 Å². The largest absolute Gasteiger partial charge is 0.481 e. The Labute approximate surface area is 131 Å². The van der Waals surface area contributed by atoms with Crippen molar-refractivity contribution in [2.75, 3.05) is 0 Å². The van der Waals surface area contributed by atoms with Crippen LogP contribution in [0.4, 0.5) is 4.39 Å². The normalized spacial score (nSPS) is 11.2. The second-order valence-corrected chi connectivity index (χ2v) is 5.84. The van der Waals surface area contributed by atoms with Gasteiger partial charge in [0, 0.05) is 17.4 Å². The lowest BCUT2D eigenvalue weighted by molar-refractivity contribution is -0.152. The summed E-state index contributed by atoms with van der Waals surface area (Å²) in [5.74, 6) is -1.70. The highest BCUT2D eigenvalue weighted by atomic mass is 79.9. The van der Waals surface area contributed by atoms with Gasteiger partial charge in [0.15, 0.2) is 0 Å². The molecule has 2 N–H and O–H groups in total. The lowest BCUT2D eigenvalue weighted by Crippen LogP contribution is -2.36. The summed E-state index contributed by atoms with van der Waals surface area (Å²) >= 11 is 3.28. The Bertz CT molecular complexity index is 530. The van der Waals surface area contributed by atoms with Crippen molar-refractivity contribution in [1.29, 1.82) is 0 Å². The smallest absolute Gasteiger partial charge is 0.310 e. The van der Waals surface area contributed by atoms with Crippen LogP contribution in [-0.2, 0) is 16.1 Å². The third-order valence-corrected chi connectivity index (χ3v) is 4.56. The third-order valence-electron chi connectivity index (χ3n) is 3.79. The Morgan fingerprint density at radius 1 is 1.33 bits per heavy atom. The highest BCUT2D eigenvalue weighted by Crippen LogP contribution is 2.31. The molecule has 1 rings (SSSR count). The molecular formula is C15H19BrFNO3. The molecule has 21 heavy (non-hydrogen) atoms. The minimum absolute atomic E-state index is 0.0811. The lowest BCUT2D eigenvalue weighted by atomic mass is 9.79. The third kappa shape index (κ3) is 4.52. The number of carboxylic acid groups (broad SMARTS) is 1. The van der Waals surface area contributed by atoms with Gasteiger partial charge in [0.1, 0.15) is 5.82 Å². The van der Waals surface area contributed by atoms with E-state index in [1.54, 1.807) is 19.9 Å². The second-order valence-electron chi connectivity index (χ2n) is 4.98. The summed E-state index contributed by atoms with van der Waals surface area (Å²) in [5.41, 5.74) is -0.430. The molecule has 0 saturated carbocycles. The van der Waals surface area contributed by atoms with Gasteiger partial charge in [0.2, 0.25) is 5.91 Å². The average molecular weight is 360 g/mol. The fraction of sp³-hybridized carbons (Fsp3) is 0.467. The SMILES string of the molecule is CCC(CC)(CC(=O)NCc1cc(F)ccc1Br)C(=O)O. The monoisotopic (exact) mass is 359 g/mol. The topological polar surface area (TPSA) is 66.4 Å². The summed E-state index contributed by atoms with van der Waals surface area (Å²) in [6.45, 7) is 3.67. The zero-order valence-corrected chi connectivity index (χ0v) is 13.7. The van der Waals surface area contributed by atoms with Gasteiger partial charge in [-0.2, -0.15) is 0 Å². The fourth-order valence-electron chi connectivity index (χ4n) is 2.12. The van der Waals surface area contributed by atoms with Crippen molar-refractivity contribution in [2.45, 2.75) is 39.7 Å². The summed E-state index contributed by atoms with van der Waals surface area (Å²) in [7, 11) is 0. The lowest BCUT2D eigenvalue weighted by Gasteiger charge is -2.25. The molecular weight excluding hydrogens is 341 g/mol. The minimum atomic E-state index is -1.04. The van der Waals surface area contributed by atoms with Crippen molar-refractivity contribution >= 4 is 27.8 Å². The Morgan fingerprint density at radius 3 is 2.48 bits per heavy atom. The fourth-order valence-corrected chi connectivity index (χ4v) is 2.51. The Balaban J connectivity index is 2.69. The molecule has 0 unspecified atom stereocenters. The van der Waals surface area contributed by atoms with Gasteiger partial charge < -0.3 is 10.4 Å². The molecule has 0 aliphatic rings. The summed E-state index contributed by atoms with van der Waals surface area (Å²) in [6.07, 6.45) is 0.689. The number of hydrogen-bond donors (Lipinski definition) is 2. The van der Waals surface area contributed by atoms with E-state index < -0.39 is 11.4 Å². The molecule has 0 fully saturated rings. The molecule has 0 atom stereocenters. The molecule has 0 spiro atoms. The molecule has 0 heterocycles. The van der Waals surface area contributed by atoms with Crippen LogP contribution in [-0.4, -0.2) is 17.0 Å². The average Bonchev–Trinajstić information content (AvgIpc) is 2.45. The van der Waals surface area contributed by atoms with Crippen molar-refractivity contribution in [1.82, 2.24) is 5.32 Å². The first kappa shape index (κ1) is 17.6. The molecule has 4 nitrogen and oxygen atoms in total. The number of halogens is 2. The molecule has 0 saturated heterocycles. The Kier molecular flexibility index (Phi) is 6.33. The van der Waals surface area contributed by atoms with E-state index in [9.17, 15) is 19.1 Å². The van der Waals surface area contributed by atoms with E-state index >= 15 is 0 Å². The van der Waals surface area contributed by atoms with Crippen molar-refractivity contribution in [3.63, 3.8) is 0 Å². The van der Waals surface area contributed by atoms with Crippen LogP contribution in [0.1, 0.15) is 38.7 Å². The molecule has 0 aliphatic carbocycles. The van der Waals surface area contributed by atoms with Crippen molar-refractivity contribution < 1.29 is 19.1 Å². The first-order chi connectivity index (χ1) is 9.84. The van der Waals surface area contributed by atoms with E-state index in [0.717, 1.165) is 0 Å². The van der Waals surface area contributed by atoms with Gasteiger partial charge in [-0.25, -0.2) is 4.39 Å². The summed E-state index contributed by atoms with van der Waals surface area (Å²) in [6, 6.07) is 4.21. The predicted molar refractivity (Wildman–Crippen MR) is 81.2 cm³/mol. The van der Waals surface area contributed by atoms with Gasteiger partial charge in [-0.05, 0) is 36.6 Å². The van der Waals surface area contributed by atoms with E-state index in [-0.39, 0.29) is 24.7 Å². The molecule has 0 bridgehead atoms. The van der Waals surface area contributed by atoms with Crippen LogP contribution in [0, 0.1) is 11.2 Å². The number of rotatable bonds is 7. The molecule has 1 amide bonds. The molecule has 0 aliphatic heterocycles. The number of hydrogen-bond acceptors (Lipinski definition) is 2. The second kappa shape index (κ2) is 7.54. The van der Waals surface area contributed by atoms with E-state index in [1.807, 2.05) is 0 Å². The molecule has 116 valence electrons. The van der Waals surface area contributed by atoms with E-state index in [0.29, 0.717) is 22.9 Å². The van der Waals surface area contributed by atoms with Gasteiger partial charge >= 0.3 is 5.97 Å².